The van der Waals surface area contributed by atoms with Crippen LogP contribution in [0.4, 0.5) is 5.69 Å². The topological polar surface area (TPSA) is 44.4 Å². The smallest absolute Gasteiger partial charge is 0.238 e. The van der Waals surface area contributed by atoms with Gasteiger partial charge in [0, 0.05) is 17.1 Å². The van der Waals surface area contributed by atoms with Crippen LogP contribution in [-0.2, 0) is 4.79 Å². The number of amides is 1. The number of para-hydroxylation sites is 1. The predicted molar refractivity (Wildman–Crippen MR) is 81.3 cm³/mol. The van der Waals surface area contributed by atoms with Gasteiger partial charge in [0.05, 0.1) is 12.2 Å². The van der Waals surface area contributed by atoms with E-state index in [1.807, 2.05) is 31.3 Å². The van der Waals surface area contributed by atoms with Gasteiger partial charge in [-0.1, -0.05) is 12.1 Å². The third-order valence-electron chi connectivity index (χ3n) is 3.43. The molecular formula is C14H20BrN3O. The third-order valence-corrected chi connectivity index (χ3v) is 4.12. The van der Waals surface area contributed by atoms with E-state index >= 15 is 0 Å². The lowest BCUT2D eigenvalue weighted by molar-refractivity contribution is -0.117. The Balaban J connectivity index is 1.86. The fourth-order valence-corrected chi connectivity index (χ4v) is 2.77. The van der Waals surface area contributed by atoms with Crippen molar-refractivity contribution in [1.82, 2.24) is 10.2 Å². The Morgan fingerprint density at radius 1 is 1.47 bits per heavy atom. The highest BCUT2D eigenvalue weighted by molar-refractivity contribution is 9.10. The van der Waals surface area contributed by atoms with Gasteiger partial charge in [-0.15, -0.1) is 0 Å². The number of nitrogens with zero attached hydrogens (tertiary/aromatic N) is 1. The third kappa shape index (κ3) is 4.30. The van der Waals surface area contributed by atoms with Crippen LogP contribution in [0.25, 0.3) is 0 Å². The molecule has 1 aliphatic heterocycles. The average Bonchev–Trinajstić information content (AvgIpc) is 2.41. The zero-order chi connectivity index (χ0) is 13.7. The van der Waals surface area contributed by atoms with E-state index in [-0.39, 0.29) is 5.91 Å². The summed E-state index contributed by atoms with van der Waals surface area (Å²) in [6.45, 7) is 2.40. The normalized spacial score (nSPS) is 20.2. The molecule has 0 radical (unpaired) electrons. The predicted octanol–water partition coefficient (Wildman–Crippen LogP) is 2.07. The van der Waals surface area contributed by atoms with Crippen molar-refractivity contribution in [3.05, 3.63) is 28.7 Å². The highest BCUT2D eigenvalue weighted by Crippen LogP contribution is 2.21. The van der Waals surface area contributed by atoms with Crippen LogP contribution in [0.15, 0.2) is 28.7 Å². The number of carbonyl (C=O) groups is 1. The molecule has 4 nitrogen and oxygen atoms in total. The van der Waals surface area contributed by atoms with Crippen molar-refractivity contribution < 1.29 is 4.79 Å². The lowest BCUT2D eigenvalue weighted by Crippen LogP contribution is -2.46. The molecule has 2 N–H and O–H groups in total. The van der Waals surface area contributed by atoms with Crippen LogP contribution >= 0.6 is 15.9 Å². The van der Waals surface area contributed by atoms with Crippen molar-refractivity contribution >= 4 is 27.5 Å². The number of rotatable bonds is 4. The van der Waals surface area contributed by atoms with E-state index < -0.39 is 0 Å². The fourth-order valence-electron chi connectivity index (χ4n) is 2.39. The molecule has 1 unspecified atom stereocenters. The molecular weight excluding hydrogens is 306 g/mol. The lowest BCUT2D eigenvalue weighted by atomic mass is 10.1. The number of carbonyl (C=O) groups excluding carboxylic acids is 1. The minimum atomic E-state index is 0.0450. The van der Waals surface area contributed by atoms with Crippen molar-refractivity contribution in [2.45, 2.75) is 18.9 Å². The van der Waals surface area contributed by atoms with Crippen LogP contribution in [0.5, 0.6) is 0 Å². The molecule has 0 aromatic heterocycles. The summed E-state index contributed by atoms with van der Waals surface area (Å²) in [6, 6.07) is 8.17. The molecule has 1 fully saturated rings. The maximum absolute atomic E-state index is 12.0. The summed E-state index contributed by atoms with van der Waals surface area (Å²) in [7, 11) is 1.98. The molecule has 1 aromatic carbocycles. The van der Waals surface area contributed by atoms with Crippen LogP contribution in [0.1, 0.15) is 12.8 Å². The molecule has 1 amide bonds. The van der Waals surface area contributed by atoms with Gasteiger partial charge < -0.3 is 10.6 Å². The Morgan fingerprint density at radius 2 is 2.26 bits per heavy atom. The first-order valence-electron chi connectivity index (χ1n) is 6.63. The maximum Gasteiger partial charge on any atom is 0.238 e. The number of halogens is 1. The number of hydrogen-bond donors (Lipinski definition) is 2. The Morgan fingerprint density at radius 3 is 3.00 bits per heavy atom. The number of likely N-dealkylation sites (tertiary alicyclic amines) is 1. The molecule has 104 valence electrons. The molecule has 0 aliphatic carbocycles. The van der Waals surface area contributed by atoms with Gasteiger partial charge in [-0.2, -0.15) is 0 Å². The Labute approximate surface area is 122 Å². The average molecular weight is 326 g/mol. The van der Waals surface area contributed by atoms with E-state index in [1.165, 1.54) is 6.42 Å². The molecule has 19 heavy (non-hydrogen) atoms. The zero-order valence-corrected chi connectivity index (χ0v) is 12.7. The summed E-state index contributed by atoms with van der Waals surface area (Å²) in [5.74, 6) is 0.0450. The standard InChI is InChI=1S/C14H20BrN3O/c1-16-11-5-4-8-18(9-11)10-14(19)17-13-7-3-2-6-12(13)15/h2-3,6-7,11,16H,4-5,8-10H2,1H3,(H,17,19). The van der Waals surface area contributed by atoms with Crippen molar-refractivity contribution in [2.24, 2.45) is 0 Å². The van der Waals surface area contributed by atoms with Crippen molar-refractivity contribution in [3.8, 4) is 0 Å². The second-order valence-electron chi connectivity index (χ2n) is 4.89. The maximum atomic E-state index is 12.0. The highest BCUT2D eigenvalue weighted by atomic mass is 79.9. The Hall–Kier alpha value is -0.910. The van der Waals surface area contributed by atoms with Crippen LogP contribution in [0.3, 0.4) is 0 Å². The molecule has 2 rings (SSSR count). The monoisotopic (exact) mass is 325 g/mol. The SMILES string of the molecule is CNC1CCCN(CC(=O)Nc2ccccc2Br)C1. The Bertz CT molecular complexity index is 438. The molecule has 0 saturated carbocycles. The van der Waals surface area contributed by atoms with Crippen LogP contribution < -0.4 is 10.6 Å². The van der Waals surface area contributed by atoms with Crippen molar-refractivity contribution in [1.29, 1.82) is 0 Å². The first-order valence-corrected chi connectivity index (χ1v) is 7.42. The van der Waals surface area contributed by atoms with E-state index in [9.17, 15) is 4.79 Å². The van der Waals surface area contributed by atoms with E-state index in [4.69, 9.17) is 0 Å². The quantitative estimate of drug-likeness (QED) is 0.890. The highest BCUT2D eigenvalue weighted by Gasteiger charge is 2.20. The largest absolute Gasteiger partial charge is 0.324 e. The van der Waals surface area contributed by atoms with Crippen LogP contribution in [0.2, 0.25) is 0 Å². The van der Waals surface area contributed by atoms with E-state index in [0.29, 0.717) is 12.6 Å². The van der Waals surface area contributed by atoms with Gasteiger partial charge in [0.15, 0.2) is 0 Å². The van der Waals surface area contributed by atoms with Crippen LogP contribution in [-0.4, -0.2) is 43.5 Å². The summed E-state index contributed by atoms with van der Waals surface area (Å²) >= 11 is 3.43. The zero-order valence-electron chi connectivity index (χ0n) is 11.2. The van der Waals surface area contributed by atoms with Crippen molar-refractivity contribution in [2.75, 3.05) is 32.0 Å². The van der Waals surface area contributed by atoms with Gasteiger partial charge in [0.25, 0.3) is 0 Å². The minimum absolute atomic E-state index is 0.0450. The second-order valence-corrected chi connectivity index (χ2v) is 5.75. The number of anilines is 1. The summed E-state index contributed by atoms with van der Waals surface area (Å²) in [5.41, 5.74) is 0.828. The summed E-state index contributed by atoms with van der Waals surface area (Å²) < 4.78 is 0.912. The molecule has 1 atom stereocenters. The molecule has 0 bridgehead atoms. The van der Waals surface area contributed by atoms with E-state index in [1.54, 1.807) is 0 Å². The molecule has 1 aromatic rings. The molecule has 1 saturated heterocycles. The second kappa shape index (κ2) is 7.03. The number of benzene rings is 1. The number of piperidine rings is 1. The van der Waals surface area contributed by atoms with Crippen LogP contribution in [0, 0.1) is 0 Å². The first kappa shape index (κ1) is 14.5. The molecule has 5 heteroatoms. The lowest BCUT2D eigenvalue weighted by Gasteiger charge is -2.31. The summed E-state index contributed by atoms with van der Waals surface area (Å²) in [5, 5.41) is 6.23. The van der Waals surface area contributed by atoms with E-state index in [2.05, 4.69) is 31.5 Å². The molecule has 1 heterocycles. The Kier molecular flexibility index (Phi) is 5.36. The van der Waals surface area contributed by atoms with Gasteiger partial charge in [-0.25, -0.2) is 0 Å². The number of nitrogens with one attached hydrogen (secondary N) is 2. The van der Waals surface area contributed by atoms with Gasteiger partial charge in [0.1, 0.15) is 0 Å². The minimum Gasteiger partial charge on any atom is -0.324 e. The van der Waals surface area contributed by atoms with E-state index in [0.717, 1.165) is 29.7 Å². The van der Waals surface area contributed by atoms with Gasteiger partial charge in [-0.05, 0) is 54.5 Å². The molecule has 1 aliphatic rings. The van der Waals surface area contributed by atoms with Gasteiger partial charge in [0.2, 0.25) is 5.91 Å². The first-order chi connectivity index (χ1) is 9.19. The molecule has 0 spiro atoms. The fraction of sp³-hybridized carbons (Fsp3) is 0.500. The van der Waals surface area contributed by atoms with Crippen molar-refractivity contribution in [3.63, 3.8) is 0 Å². The summed E-state index contributed by atoms with van der Waals surface area (Å²) in [6.07, 6.45) is 2.34. The van der Waals surface area contributed by atoms with Gasteiger partial charge in [-0.3, -0.25) is 9.69 Å². The number of likely N-dealkylation sites (N-methyl/N-ethyl adjacent to an activating group) is 1. The number of hydrogen-bond acceptors (Lipinski definition) is 3. The van der Waals surface area contributed by atoms with Gasteiger partial charge >= 0.3 is 0 Å². The summed E-state index contributed by atoms with van der Waals surface area (Å²) in [4.78, 5) is 14.2.